The van der Waals surface area contributed by atoms with Gasteiger partial charge in [-0.3, -0.25) is 14.9 Å². The van der Waals surface area contributed by atoms with E-state index in [2.05, 4.69) is 21.3 Å². The Labute approximate surface area is 324 Å². The van der Waals surface area contributed by atoms with Crippen LogP contribution >= 0.6 is 0 Å². The molecule has 2 aliphatic heterocycles. The van der Waals surface area contributed by atoms with Gasteiger partial charge in [0, 0.05) is 25.1 Å². The maximum Gasteiger partial charge on any atom is 0.407 e. The molecule has 1 saturated heterocycles. The van der Waals surface area contributed by atoms with Crippen molar-refractivity contribution in [2.24, 2.45) is 5.92 Å². The van der Waals surface area contributed by atoms with Crippen LogP contribution in [0.5, 0.6) is 0 Å². The fraction of sp³-hybridized carbons (Fsp3) is 0.694. The topological polar surface area (TPSA) is 279 Å². The lowest BCUT2D eigenvalue weighted by Crippen LogP contribution is -2.68. The smallest absolute Gasteiger partial charge is 0.407 e. The molecule has 1 aliphatic carbocycles. The summed E-state index contributed by atoms with van der Waals surface area (Å²) in [7, 11) is 0. The zero-order valence-electron chi connectivity index (χ0n) is 32.0. The first-order valence-electron chi connectivity index (χ1n) is 18.6. The molecule has 314 valence electrons. The molecule has 56 heavy (non-hydrogen) atoms. The summed E-state index contributed by atoms with van der Waals surface area (Å²) in [5.74, 6) is -0.402. The normalized spacial score (nSPS) is 28.5. The number of nitrogens with one attached hydrogen (secondary N) is 4. The predicted octanol–water partition coefficient (Wildman–Crippen LogP) is 0.441. The average Bonchev–Trinajstić information content (AvgIpc) is 3.13. The van der Waals surface area contributed by atoms with E-state index in [4.69, 9.17) is 33.5 Å². The van der Waals surface area contributed by atoms with E-state index in [1.54, 1.807) is 20.8 Å². The number of carbonyl (C=O) groups excluding carboxylic acids is 3. The fourth-order valence-electron chi connectivity index (χ4n) is 6.34. The minimum absolute atomic E-state index is 0.0171. The number of alkyl carbamates (subject to hydrolysis) is 2. The maximum atomic E-state index is 13.4. The monoisotopic (exact) mass is 797 g/mol. The number of ether oxygens (including phenoxy) is 6. The Morgan fingerprint density at radius 1 is 1.04 bits per heavy atom. The van der Waals surface area contributed by atoms with Crippen molar-refractivity contribution in [2.45, 2.75) is 121 Å². The number of nitrogens with zero attached hydrogens (tertiary/aromatic N) is 1. The van der Waals surface area contributed by atoms with E-state index in [0.717, 1.165) is 0 Å². The van der Waals surface area contributed by atoms with Gasteiger partial charge < -0.3 is 70.1 Å². The molecule has 0 radical (unpaired) electrons. The van der Waals surface area contributed by atoms with E-state index in [9.17, 15) is 39.8 Å². The summed E-state index contributed by atoms with van der Waals surface area (Å²) in [6.07, 6.45) is -8.04. The van der Waals surface area contributed by atoms with Gasteiger partial charge in [-0.05, 0) is 69.7 Å². The molecule has 0 bridgehead atoms. The van der Waals surface area contributed by atoms with E-state index >= 15 is 0 Å². The van der Waals surface area contributed by atoms with E-state index in [0.29, 0.717) is 43.7 Å². The molecule has 1 aromatic carbocycles. The number of nitro benzene ring substituents is 1. The number of carbonyl (C=O) groups is 3. The molecule has 0 spiro atoms. The van der Waals surface area contributed by atoms with Crippen LogP contribution in [0, 0.1) is 16.0 Å². The van der Waals surface area contributed by atoms with Crippen LogP contribution in [0.1, 0.15) is 58.9 Å². The fourth-order valence-corrected chi connectivity index (χ4v) is 6.34. The van der Waals surface area contributed by atoms with E-state index < -0.39 is 90.3 Å². The SMILES string of the molecule is C[C@@H]1CO[C@H](O[C@@H]2[C@@H](O)[C@H](O[C@@H]3CCC=C(CNCCO)O3)[C@@H](NC(=O)OCc3ccc([N+](=O)[O-])cc3)C[C@H]2NC(=O)[C@H](O)CNC(=O)OC(C)(C)C)[C@H](O)C1. The van der Waals surface area contributed by atoms with Crippen LogP contribution in [0.2, 0.25) is 0 Å². The van der Waals surface area contributed by atoms with Crippen molar-refractivity contribution in [3.8, 4) is 0 Å². The predicted molar refractivity (Wildman–Crippen MR) is 194 cm³/mol. The highest BCUT2D eigenvalue weighted by molar-refractivity contribution is 5.82. The summed E-state index contributed by atoms with van der Waals surface area (Å²) in [5, 5.41) is 64.4. The molecule has 2 fully saturated rings. The highest BCUT2D eigenvalue weighted by Gasteiger charge is 2.50. The van der Waals surface area contributed by atoms with Crippen LogP contribution in [0.25, 0.3) is 0 Å². The van der Waals surface area contributed by atoms with Gasteiger partial charge in [0.05, 0.1) is 43.3 Å². The minimum atomic E-state index is -1.77. The number of aliphatic hydroxyl groups excluding tert-OH is 4. The molecular formula is C36H55N5O15. The molecule has 3 aliphatic rings. The largest absolute Gasteiger partial charge is 0.468 e. The summed E-state index contributed by atoms with van der Waals surface area (Å²) in [6.45, 7) is 6.85. The van der Waals surface area contributed by atoms with Gasteiger partial charge in [-0.15, -0.1) is 0 Å². The number of non-ortho nitro benzene ring substituents is 1. The number of hydrogen-bond acceptors (Lipinski definition) is 16. The van der Waals surface area contributed by atoms with Crippen molar-refractivity contribution in [3.05, 3.63) is 51.8 Å². The summed E-state index contributed by atoms with van der Waals surface area (Å²) in [4.78, 5) is 49.3. The van der Waals surface area contributed by atoms with Crippen molar-refractivity contribution in [2.75, 3.05) is 32.8 Å². The van der Waals surface area contributed by atoms with Crippen LogP contribution in [-0.4, -0.2) is 137 Å². The maximum absolute atomic E-state index is 13.4. The number of rotatable bonds is 16. The van der Waals surface area contributed by atoms with Gasteiger partial charge in [0.15, 0.2) is 12.6 Å². The first-order valence-corrected chi connectivity index (χ1v) is 18.6. The highest BCUT2D eigenvalue weighted by atomic mass is 16.7. The van der Waals surface area contributed by atoms with Crippen LogP contribution in [0.4, 0.5) is 15.3 Å². The van der Waals surface area contributed by atoms with Crippen molar-refractivity contribution >= 4 is 23.8 Å². The third kappa shape index (κ3) is 13.8. The van der Waals surface area contributed by atoms with Gasteiger partial charge in [0.25, 0.3) is 11.6 Å². The van der Waals surface area contributed by atoms with E-state index in [1.807, 2.05) is 13.0 Å². The Morgan fingerprint density at radius 2 is 1.73 bits per heavy atom. The Bertz CT molecular complexity index is 1490. The molecule has 1 saturated carbocycles. The van der Waals surface area contributed by atoms with Crippen molar-refractivity contribution in [1.82, 2.24) is 21.3 Å². The second-order valence-corrected chi connectivity index (χ2v) is 15.0. The zero-order chi connectivity index (χ0) is 41.0. The molecule has 4 rings (SSSR count). The molecule has 2 heterocycles. The third-order valence-corrected chi connectivity index (χ3v) is 9.01. The van der Waals surface area contributed by atoms with E-state index in [1.165, 1.54) is 24.3 Å². The van der Waals surface area contributed by atoms with Gasteiger partial charge in [0.1, 0.15) is 48.5 Å². The number of aliphatic hydroxyl groups is 4. The minimum Gasteiger partial charge on any atom is -0.468 e. The molecular weight excluding hydrogens is 742 g/mol. The second-order valence-electron chi connectivity index (χ2n) is 15.0. The lowest BCUT2D eigenvalue weighted by atomic mass is 9.83. The number of nitro groups is 1. The standard InChI is InChI=1S/C36H55N5O15/c1-20-14-26(43)33(51-18-20)55-31-24(39-32(46)27(44)17-38-34(47)56-36(2,3)4)15-25(40-35(48)52-19-21-8-10-22(11-9-21)41(49)50)30(29(31)45)54-28-7-5-6-23(53-28)16-37-12-13-42/h6,8-11,20,24-31,33,37,42-45H,5,7,12-19H2,1-4H3,(H,38,47)(H,39,46)(H,40,48)/t20-,24+,25-,26+,27+,28+,29-,30+,31-,33+/m0/s1. The van der Waals surface area contributed by atoms with Gasteiger partial charge in [-0.25, -0.2) is 9.59 Å². The molecule has 1 aromatic rings. The number of allylic oxidation sites excluding steroid dienone is 1. The van der Waals surface area contributed by atoms with Crippen LogP contribution in [-0.2, 0) is 39.8 Å². The Morgan fingerprint density at radius 3 is 2.39 bits per heavy atom. The number of benzene rings is 1. The molecule has 20 heteroatoms. The van der Waals surface area contributed by atoms with Crippen LogP contribution in [0.3, 0.4) is 0 Å². The molecule has 10 atom stereocenters. The lowest BCUT2D eigenvalue weighted by molar-refractivity contribution is -0.384. The quantitative estimate of drug-likeness (QED) is 0.0640. The first kappa shape index (κ1) is 44.6. The third-order valence-electron chi connectivity index (χ3n) is 9.01. The highest BCUT2D eigenvalue weighted by Crippen LogP contribution is 2.32. The first-order chi connectivity index (χ1) is 26.5. The Hall–Kier alpha value is -4.15. The number of amides is 3. The second kappa shape index (κ2) is 20.8. The number of hydrogen-bond donors (Lipinski definition) is 8. The molecule has 20 nitrogen and oxygen atoms in total. The van der Waals surface area contributed by atoms with Gasteiger partial charge >= 0.3 is 12.2 Å². The van der Waals surface area contributed by atoms with Gasteiger partial charge in [-0.1, -0.05) is 6.92 Å². The molecule has 8 N–H and O–H groups in total. The summed E-state index contributed by atoms with van der Waals surface area (Å²) < 4.78 is 34.9. The molecule has 0 unspecified atom stereocenters. The van der Waals surface area contributed by atoms with Crippen molar-refractivity contribution in [3.63, 3.8) is 0 Å². The van der Waals surface area contributed by atoms with Crippen LogP contribution < -0.4 is 21.3 Å². The van der Waals surface area contributed by atoms with Gasteiger partial charge in [0.2, 0.25) is 0 Å². The van der Waals surface area contributed by atoms with E-state index in [-0.39, 0.29) is 37.8 Å². The van der Waals surface area contributed by atoms with Crippen molar-refractivity contribution in [1.29, 1.82) is 0 Å². The molecule has 0 aromatic heterocycles. The van der Waals surface area contributed by atoms with Gasteiger partial charge in [-0.2, -0.15) is 0 Å². The zero-order valence-corrected chi connectivity index (χ0v) is 32.0. The Balaban J connectivity index is 1.56. The molecule has 3 amide bonds. The lowest BCUT2D eigenvalue weighted by Gasteiger charge is -2.47. The summed E-state index contributed by atoms with van der Waals surface area (Å²) in [6, 6.07) is 3.17. The average molecular weight is 798 g/mol. The summed E-state index contributed by atoms with van der Waals surface area (Å²) in [5.41, 5.74) is -0.512. The summed E-state index contributed by atoms with van der Waals surface area (Å²) >= 11 is 0. The van der Waals surface area contributed by atoms with Crippen molar-refractivity contribution < 1.29 is 68.2 Å². The van der Waals surface area contributed by atoms with Crippen LogP contribution in [0.15, 0.2) is 36.1 Å². The Kier molecular flexibility index (Phi) is 16.6.